The molecule has 1 aromatic heterocycles. The molecule has 1 unspecified atom stereocenters. The Morgan fingerprint density at radius 3 is 2.89 bits per heavy atom. The average Bonchev–Trinajstić information content (AvgIpc) is 3.33. The van der Waals surface area contributed by atoms with E-state index in [9.17, 15) is 5.11 Å². The molecule has 1 aliphatic carbocycles. The number of nitrogens with one attached hydrogen (secondary N) is 1. The predicted molar refractivity (Wildman–Crippen MR) is 123 cm³/mol. The van der Waals surface area contributed by atoms with Crippen LogP contribution in [0.4, 0.5) is 0 Å². The van der Waals surface area contributed by atoms with Gasteiger partial charge in [-0.2, -0.15) is 5.10 Å². The smallest absolute Gasteiger partial charge is 0.193 e. The third-order valence-corrected chi connectivity index (χ3v) is 5.95. The number of fused-ring (bicyclic) bond motifs is 1. The maximum Gasteiger partial charge on any atom is 0.193 e. The van der Waals surface area contributed by atoms with Gasteiger partial charge in [0.15, 0.2) is 5.96 Å². The number of halogens is 1. The van der Waals surface area contributed by atoms with E-state index in [0.717, 1.165) is 43.9 Å². The molecule has 4 rings (SSSR count). The summed E-state index contributed by atoms with van der Waals surface area (Å²) in [5, 5.41) is 18.2. The zero-order valence-electron chi connectivity index (χ0n) is 16.7. The van der Waals surface area contributed by atoms with E-state index in [4.69, 9.17) is 0 Å². The molecular weight excluding hydrogens is 465 g/mol. The van der Waals surface area contributed by atoms with Crippen molar-refractivity contribution in [2.24, 2.45) is 12.0 Å². The third kappa shape index (κ3) is 4.29. The van der Waals surface area contributed by atoms with Crippen LogP contribution in [0.15, 0.2) is 29.5 Å². The van der Waals surface area contributed by atoms with Gasteiger partial charge in [0.2, 0.25) is 0 Å². The van der Waals surface area contributed by atoms with Crippen molar-refractivity contribution in [2.45, 2.75) is 44.6 Å². The topological polar surface area (TPSA) is 65.7 Å². The van der Waals surface area contributed by atoms with Gasteiger partial charge in [0.25, 0.3) is 0 Å². The molecule has 0 amide bonds. The summed E-state index contributed by atoms with van der Waals surface area (Å²) in [6.07, 6.45) is 9.82. The monoisotopic (exact) mass is 495 g/mol. The fourth-order valence-corrected chi connectivity index (χ4v) is 4.46. The Labute approximate surface area is 184 Å². The summed E-state index contributed by atoms with van der Waals surface area (Å²) >= 11 is 0. The molecule has 1 atom stereocenters. The number of hydrogen-bond acceptors (Lipinski definition) is 3. The van der Waals surface area contributed by atoms with E-state index in [1.165, 1.54) is 29.5 Å². The quantitative estimate of drug-likeness (QED) is 0.390. The Morgan fingerprint density at radius 2 is 2.14 bits per heavy atom. The highest BCUT2D eigenvalue weighted by atomic mass is 127. The molecule has 0 spiro atoms. The van der Waals surface area contributed by atoms with E-state index < -0.39 is 0 Å². The lowest BCUT2D eigenvalue weighted by Crippen LogP contribution is -2.39. The Bertz CT molecular complexity index is 847. The highest BCUT2D eigenvalue weighted by Gasteiger charge is 2.27. The van der Waals surface area contributed by atoms with Crippen molar-refractivity contribution in [3.63, 3.8) is 0 Å². The van der Waals surface area contributed by atoms with Crippen LogP contribution in [0.2, 0.25) is 0 Å². The Kier molecular flexibility index (Phi) is 6.85. The number of aryl methyl sites for hydroxylation is 2. The van der Waals surface area contributed by atoms with E-state index in [-0.39, 0.29) is 24.0 Å². The minimum Gasteiger partial charge on any atom is -0.508 e. The van der Waals surface area contributed by atoms with Crippen LogP contribution in [0.25, 0.3) is 0 Å². The number of hydrogen-bond donors (Lipinski definition) is 2. The zero-order valence-corrected chi connectivity index (χ0v) is 19.0. The van der Waals surface area contributed by atoms with Crippen molar-refractivity contribution < 1.29 is 5.11 Å². The van der Waals surface area contributed by atoms with Gasteiger partial charge in [0.05, 0.1) is 6.20 Å². The third-order valence-electron chi connectivity index (χ3n) is 5.95. The summed E-state index contributed by atoms with van der Waals surface area (Å²) in [5.74, 6) is 1.80. The molecule has 1 aliphatic heterocycles. The van der Waals surface area contributed by atoms with Crippen LogP contribution in [0.5, 0.6) is 5.75 Å². The first-order valence-corrected chi connectivity index (χ1v) is 9.92. The number of benzene rings is 1. The van der Waals surface area contributed by atoms with Crippen LogP contribution in [-0.4, -0.2) is 45.9 Å². The number of nitrogens with zero attached hydrogens (tertiary/aromatic N) is 4. The van der Waals surface area contributed by atoms with E-state index in [2.05, 4.69) is 32.6 Å². The fourth-order valence-electron chi connectivity index (χ4n) is 4.46. The number of phenolic OH excluding ortho intramolecular Hbond substituents is 1. The summed E-state index contributed by atoms with van der Waals surface area (Å²) in [4.78, 5) is 6.80. The SMILES string of the molecule is CN=C(NCc1c(O)ccc2c1CCCC2)N1CCC(c2cnn(C)c2)C1.I. The first-order valence-electron chi connectivity index (χ1n) is 9.92. The fraction of sp³-hybridized carbons (Fsp3) is 0.524. The van der Waals surface area contributed by atoms with Gasteiger partial charge in [0.1, 0.15) is 5.75 Å². The summed E-state index contributed by atoms with van der Waals surface area (Å²) in [5.41, 5.74) is 5.06. The molecular formula is C21H30IN5O. The summed E-state index contributed by atoms with van der Waals surface area (Å²) in [7, 11) is 3.80. The first-order chi connectivity index (χ1) is 13.2. The second-order valence-corrected chi connectivity index (χ2v) is 7.69. The van der Waals surface area contributed by atoms with Crippen molar-refractivity contribution in [1.29, 1.82) is 0 Å². The second kappa shape index (κ2) is 9.15. The number of aliphatic imine (C=N–C) groups is 1. The maximum absolute atomic E-state index is 10.4. The molecule has 7 heteroatoms. The van der Waals surface area contributed by atoms with Gasteiger partial charge in [-0.15, -0.1) is 24.0 Å². The molecule has 1 aromatic carbocycles. The highest BCUT2D eigenvalue weighted by molar-refractivity contribution is 14.0. The van der Waals surface area contributed by atoms with Gasteiger partial charge in [-0.25, -0.2) is 0 Å². The predicted octanol–water partition coefficient (Wildman–Crippen LogP) is 3.19. The largest absolute Gasteiger partial charge is 0.508 e. The van der Waals surface area contributed by atoms with Crippen LogP contribution in [0.3, 0.4) is 0 Å². The standard InChI is InChI=1S/C21H29N5O.HI/c1-22-21(26-10-9-16(14-26)17-11-24-25(2)13-17)23-12-19-18-6-4-3-5-15(18)7-8-20(19)27;/h7-8,11,13,16,27H,3-6,9-10,12,14H2,1-2H3,(H,22,23);1H. The second-order valence-electron chi connectivity index (χ2n) is 7.69. The Balaban J connectivity index is 0.00000225. The maximum atomic E-state index is 10.4. The number of aromatic hydroxyl groups is 1. The minimum atomic E-state index is 0. The molecule has 28 heavy (non-hydrogen) atoms. The lowest BCUT2D eigenvalue weighted by molar-refractivity contribution is 0.459. The van der Waals surface area contributed by atoms with Crippen molar-refractivity contribution >= 4 is 29.9 Å². The van der Waals surface area contributed by atoms with Crippen molar-refractivity contribution in [2.75, 3.05) is 20.1 Å². The molecule has 2 N–H and O–H groups in total. The lowest BCUT2D eigenvalue weighted by atomic mass is 9.88. The first kappa shape index (κ1) is 21.0. The van der Waals surface area contributed by atoms with Gasteiger partial charge in [0, 0.05) is 51.4 Å². The van der Waals surface area contributed by atoms with Crippen LogP contribution < -0.4 is 5.32 Å². The van der Waals surface area contributed by atoms with Gasteiger partial charge < -0.3 is 15.3 Å². The average molecular weight is 495 g/mol. The van der Waals surface area contributed by atoms with Crippen molar-refractivity contribution in [1.82, 2.24) is 20.0 Å². The van der Waals surface area contributed by atoms with Gasteiger partial charge >= 0.3 is 0 Å². The van der Waals surface area contributed by atoms with Gasteiger partial charge in [-0.3, -0.25) is 9.67 Å². The Hall–Kier alpha value is -1.77. The van der Waals surface area contributed by atoms with Crippen LogP contribution >= 0.6 is 24.0 Å². The normalized spacial score (nSPS) is 19.3. The molecule has 0 bridgehead atoms. The van der Waals surface area contributed by atoms with E-state index in [0.29, 0.717) is 18.2 Å². The Morgan fingerprint density at radius 1 is 1.32 bits per heavy atom. The summed E-state index contributed by atoms with van der Waals surface area (Å²) in [6, 6.07) is 3.93. The molecule has 2 aromatic rings. The summed E-state index contributed by atoms with van der Waals surface area (Å²) in [6.45, 7) is 2.55. The molecule has 0 saturated carbocycles. The zero-order chi connectivity index (χ0) is 18.8. The number of guanidine groups is 1. The number of aromatic nitrogens is 2. The lowest BCUT2D eigenvalue weighted by Gasteiger charge is -2.24. The number of rotatable bonds is 3. The van der Waals surface area contributed by atoms with Crippen LogP contribution in [0, 0.1) is 0 Å². The number of likely N-dealkylation sites (tertiary alicyclic amines) is 1. The summed E-state index contributed by atoms with van der Waals surface area (Å²) < 4.78 is 1.87. The molecule has 0 radical (unpaired) electrons. The van der Waals surface area contributed by atoms with E-state index >= 15 is 0 Å². The van der Waals surface area contributed by atoms with E-state index in [1.807, 2.05) is 31.0 Å². The molecule has 6 nitrogen and oxygen atoms in total. The molecule has 1 fully saturated rings. The van der Waals surface area contributed by atoms with Gasteiger partial charge in [-0.05, 0) is 54.9 Å². The van der Waals surface area contributed by atoms with Gasteiger partial charge in [-0.1, -0.05) is 6.07 Å². The van der Waals surface area contributed by atoms with Crippen LogP contribution in [-0.2, 0) is 26.4 Å². The highest BCUT2D eigenvalue weighted by Crippen LogP contribution is 2.31. The molecule has 2 aliphatic rings. The minimum absolute atomic E-state index is 0. The van der Waals surface area contributed by atoms with Crippen molar-refractivity contribution in [3.8, 4) is 5.75 Å². The molecule has 2 heterocycles. The van der Waals surface area contributed by atoms with E-state index in [1.54, 1.807) is 0 Å². The molecule has 1 saturated heterocycles. The van der Waals surface area contributed by atoms with Crippen molar-refractivity contribution in [3.05, 3.63) is 46.8 Å². The molecule has 152 valence electrons. The number of phenols is 1. The van der Waals surface area contributed by atoms with Crippen LogP contribution in [0.1, 0.15) is 47.4 Å².